The predicted molar refractivity (Wildman–Crippen MR) is 100.0 cm³/mol. The highest BCUT2D eigenvalue weighted by atomic mass is 16.2. The number of carbonyl (C=O) groups excluding carboxylic acids is 2. The minimum atomic E-state index is 0.123. The average Bonchev–Trinajstić information content (AvgIpc) is 2.67. The number of nitrogens with one attached hydrogen (secondary N) is 3. The Balaban J connectivity index is 1.41. The van der Waals surface area contributed by atoms with Crippen molar-refractivity contribution in [2.75, 3.05) is 52.4 Å². The summed E-state index contributed by atoms with van der Waals surface area (Å²) in [5, 5.41) is 2.93. The molecule has 26 heavy (non-hydrogen) atoms. The van der Waals surface area contributed by atoms with Gasteiger partial charge in [-0.2, -0.15) is 0 Å². The topological polar surface area (TPSA) is 58.3 Å². The molecule has 2 amide bonds. The van der Waals surface area contributed by atoms with Crippen LogP contribution in [0, 0.1) is 0 Å². The molecular formula is C20H32N4O2+2. The Bertz CT molecular complexity index is 626. The predicted octanol–water partition coefficient (Wildman–Crippen LogP) is -2.12. The number of piperazine rings is 1. The Morgan fingerprint density at radius 2 is 1.77 bits per heavy atom. The molecule has 0 aliphatic carbocycles. The third kappa shape index (κ3) is 5.05. The number of amides is 2. The highest BCUT2D eigenvalue weighted by Crippen LogP contribution is 2.10. The second-order valence-corrected chi connectivity index (χ2v) is 7.53. The lowest BCUT2D eigenvalue weighted by molar-refractivity contribution is -0.909. The van der Waals surface area contributed by atoms with Crippen LogP contribution in [0.3, 0.4) is 0 Å². The summed E-state index contributed by atoms with van der Waals surface area (Å²) in [7, 11) is 0. The zero-order chi connectivity index (χ0) is 18.4. The average molecular weight is 361 g/mol. The zero-order valence-electron chi connectivity index (χ0n) is 15.9. The second kappa shape index (κ2) is 9.14. The first-order valence-electron chi connectivity index (χ1n) is 9.94. The third-order valence-electron chi connectivity index (χ3n) is 5.51. The molecule has 1 unspecified atom stereocenters. The summed E-state index contributed by atoms with van der Waals surface area (Å²) in [6.07, 6.45) is 2.02. The van der Waals surface area contributed by atoms with Crippen LogP contribution in [-0.4, -0.2) is 69.1 Å². The summed E-state index contributed by atoms with van der Waals surface area (Å²) in [5.41, 5.74) is 2.82. The van der Waals surface area contributed by atoms with Gasteiger partial charge in [-0.3, -0.25) is 9.59 Å². The van der Waals surface area contributed by atoms with E-state index in [0.29, 0.717) is 13.1 Å². The van der Waals surface area contributed by atoms with Crippen molar-refractivity contribution in [2.24, 2.45) is 0 Å². The molecule has 2 heterocycles. The fourth-order valence-corrected chi connectivity index (χ4v) is 3.92. The Labute approximate surface area is 156 Å². The molecule has 6 nitrogen and oxygen atoms in total. The number of nitrogens with zero attached hydrogens (tertiary/aromatic N) is 1. The van der Waals surface area contributed by atoms with Crippen molar-refractivity contribution in [2.45, 2.75) is 26.3 Å². The van der Waals surface area contributed by atoms with Crippen LogP contribution < -0.4 is 15.1 Å². The maximum absolute atomic E-state index is 12.7. The molecule has 0 radical (unpaired) electrons. The first-order valence-corrected chi connectivity index (χ1v) is 9.94. The van der Waals surface area contributed by atoms with E-state index in [1.807, 2.05) is 4.90 Å². The van der Waals surface area contributed by atoms with Gasteiger partial charge in [-0.05, 0) is 12.0 Å². The fraction of sp³-hybridized carbons (Fsp3) is 0.600. The van der Waals surface area contributed by atoms with Gasteiger partial charge in [0.2, 0.25) is 0 Å². The number of quaternary nitrogens is 2. The molecule has 0 saturated carbocycles. The van der Waals surface area contributed by atoms with E-state index in [0.717, 1.165) is 58.7 Å². The number of fused-ring (bicyclic) bond motifs is 1. The lowest BCUT2D eigenvalue weighted by Crippen LogP contribution is -3.16. The molecule has 1 fully saturated rings. The van der Waals surface area contributed by atoms with Gasteiger partial charge in [0.25, 0.3) is 11.8 Å². The van der Waals surface area contributed by atoms with Gasteiger partial charge in [-0.25, -0.2) is 0 Å². The highest BCUT2D eigenvalue weighted by Gasteiger charge is 2.28. The molecule has 6 heteroatoms. The third-order valence-corrected chi connectivity index (χ3v) is 5.51. The Hall–Kier alpha value is -1.92. The second-order valence-electron chi connectivity index (χ2n) is 7.53. The smallest absolute Gasteiger partial charge is 0.278 e. The molecule has 0 spiro atoms. The molecular weight excluding hydrogens is 328 g/mol. The summed E-state index contributed by atoms with van der Waals surface area (Å²) in [5.74, 6) is 0.381. The van der Waals surface area contributed by atoms with Gasteiger partial charge in [0.1, 0.15) is 6.54 Å². The van der Waals surface area contributed by atoms with Gasteiger partial charge in [-0.1, -0.05) is 31.2 Å². The maximum Gasteiger partial charge on any atom is 0.278 e. The van der Waals surface area contributed by atoms with Crippen molar-refractivity contribution in [3.8, 4) is 0 Å². The van der Waals surface area contributed by atoms with Crippen LogP contribution in [0.4, 0.5) is 0 Å². The van der Waals surface area contributed by atoms with Gasteiger partial charge in [-0.15, -0.1) is 0 Å². The van der Waals surface area contributed by atoms with Gasteiger partial charge in [0.15, 0.2) is 13.1 Å². The monoisotopic (exact) mass is 360 g/mol. The summed E-state index contributed by atoms with van der Waals surface area (Å²) >= 11 is 0. The molecule has 1 atom stereocenters. The molecule has 2 aliphatic rings. The Morgan fingerprint density at radius 3 is 2.50 bits per heavy atom. The van der Waals surface area contributed by atoms with Crippen molar-refractivity contribution in [3.63, 3.8) is 0 Å². The molecule has 3 N–H and O–H groups in total. The maximum atomic E-state index is 12.7. The van der Waals surface area contributed by atoms with E-state index >= 15 is 0 Å². The van der Waals surface area contributed by atoms with Gasteiger partial charge < -0.3 is 20.0 Å². The summed E-state index contributed by atoms with van der Waals surface area (Å²) in [6, 6.07) is 8.57. The number of hydrogen-bond donors (Lipinski definition) is 3. The number of hydrogen-bond acceptors (Lipinski definition) is 2. The van der Waals surface area contributed by atoms with Crippen molar-refractivity contribution in [1.29, 1.82) is 0 Å². The van der Waals surface area contributed by atoms with E-state index in [9.17, 15) is 9.59 Å². The molecule has 0 aromatic heterocycles. The molecule has 3 rings (SSSR count). The normalized spacial score (nSPS) is 20.5. The summed E-state index contributed by atoms with van der Waals surface area (Å²) in [4.78, 5) is 29.1. The van der Waals surface area contributed by atoms with E-state index < -0.39 is 0 Å². The van der Waals surface area contributed by atoms with Gasteiger partial charge in [0, 0.05) is 18.5 Å². The van der Waals surface area contributed by atoms with E-state index in [4.69, 9.17) is 0 Å². The van der Waals surface area contributed by atoms with Crippen LogP contribution in [0.25, 0.3) is 0 Å². The SMILES string of the molecule is CCCNC(=O)C[NH+]1CCN(C(=O)C[NH+]2CCc3ccccc3C2)CC1. The minimum Gasteiger partial charge on any atom is -0.351 e. The molecule has 142 valence electrons. The van der Waals surface area contributed by atoms with Crippen LogP contribution in [0.5, 0.6) is 0 Å². The number of carbonyl (C=O) groups is 2. The van der Waals surface area contributed by atoms with Crippen LogP contribution in [-0.2, 0) is 22.6 Å². The van der Waals surface area contributed by atoms with E-state index in [1.54, 1.807) is 0 Å². The van der Waals surface area contributed by atoms with Crippen molar-refractivity contribution >= 4 is 11.8 Å². The number of benzene rings is 1. The molecule has 2 aliphatic heterocycles. The van der Waals surface area contributed by atoms with Crippen molar-refractivity contribution in [1.82, 2.24) is 10.2 Å². The van der Waals surface area contributed by atoms with E-state index in [2.05, 4.69) is 36.5 Å². The lowest BCUT2D eigenvalue weighted by Gasteiger charge is -2.33. The fourth-order valence-electron chi connectivity index (χ4n) is 3.92. The van der Waals surface area contributed by atoms with Crippen LogP contribution in [0.15, 0.2) is 24.3 Å². The van der Waals surface area contributed by atoms with Gasteiger partial charge >= 0.3 is 0 Å². The van der Waals surface area contributed by atoms with Gasteiger partial charge in [0.05, 0.1) is 32.7 Å². The lowest BCUT2D eigenvalue weighted by atomic mass is 10.00. The molecule has 1 aromatic carbocycles. The van der Waals surface area contributed by atoms with Crippen LogP contribution in [0.2, 0.25) is 0 Å². The largest absolute Gasteiger partial charge is 0.351 e. The molecule has 1 saturated heterocycles. The highest BCUT2D eigenvalue weighted by molar-refractivity contribution is 5.77. The van der Waals surface area contributed by atoms with Crippen LogP contribution >= 0.6 is 0 Å². The van der Waals surface area contributed by atoms with E-state index in [1.165, 1.54) is 20.9 Å². The standard InChI is InChI=1S/C20H30N4O2/c1-2-8-21-19(25)15-22-10-12-24(13-11-22)20(26)16-23-9-7-17-5-3-4-6-18(17)14-23/h3-6H,2,7-16H2,1H3,(H,21,25)/p+2. The molecule has 0 bridgehead atoms. The van der Waals surface area contributed by atoms with E-state index in [-0.39, 0.29) is 11.8 Å². The number of rotatable bonds is 6. The quantitative estimate of drug-likeness (QED) is 0.543. The Morgan fingerprint density at radius 1 is 1.04 bits per heavy atom. The summed E-state index contributed by atoms with van der Waals surface area (Å²) < 4.78 is 0. The van der Waals surface area contributed by atoms with Crippen LogP contribution in [0.1, 0.15) is 24.5 Å². The van der Waals surface area contributed by atoms with Crippen molar-refractivity contribution in [3.05, 3.63) is 35.4 Å². The Kier molecular flexibility index (Phi) is 6.63. The first-order chi connectivity index (χ1) is 12.7. The summed E-state index contributed by atoms with van der Waals surface area (Å²) in [6.45, 7) is 9.15. The molecule has 1 aromatic rings. The minimum absolute atomic E-state index is 0.123. The first kappa shape index (κ1) is 18.9. The zero-order valence-corrected chi connectivity index (χ0v) is 15.9. The van der Waals surface area contributed by atoms with Crippen molar-refractivity contribution < 1.29 is 19.4 Å².